The molecule has 0 spiro atoms. The van der Waals surface area contributed by atoms with E-state index in [1.165, 1.54) is 17.4 Å². The van der Waals surface area contributed by atoms with Gasteiger partial charge in [-0.2, -0.15) is 0 Å². The molecule has 238 valence electrons. The summed E-state index contributed by atoms with van der Waals surface area (Å²) < 4.78 is 5.74. The molecule has 1 unspecified atom stereocenters. The molecule has 11 nitrogen and oxygen atoms in total. The van der Waals surface area contributed by atoms with Crippen LogP contribution < -0.4 is 10.5 Å². The molecular formula is C34H39N3O8. The Hall–Kier alpha value is -4.19. The monoisotopic (exact) mass is 617 g/mol. The van der Waals surface area contributed by atoms with Crippen molar-refractivity contribution in [2.75, 3.05) is 34.3 Å². The molecule has 0 radical (unpaired) electrons. The molecule has 6 N–H and O–H groups in total. The van der Waals surface area contributed by atoms with E-state index in [0.717, 1.165) is 43.6 Å². The lowest BCUT2D eigenvalue weighted by atomic mass is 9.58. The Bertz CT molecular complexity index is 1670. The largest absolute Gasteiger partial charge is 0.510 e. The van der Waals surface area contributed by atoms with Crippen molar-refractivity contribution < 1.29 is 39.5 Å². The number of piperidine rings is 1. The number of aliphatic hydroxyl groups is 3. The summed E-state index contributed by atoms with van der Waals surface area (Å²) in [4.78, 5) is 43.9. The van der Waals surface area contributed by atoms with Crippen LogP contribution >= 0.6 is 0 Å². The number of nitrogens with zero attached hydrogens (tertiary/aromatic N) is 2. The standard InChI is InChI=1S/C34H39N3O8/c1-36(2)28-22-15-18-14-21-19(20-13-17(7-10-24(20)45-3)16-37-11-5-4-6-12-37)8-9-23(38)26(21)29(39)25(18)31(41)34(22,44)32(42)27(30(28)40)33(35)43/h7-10,13,18,22,28,38,40-41,44H,4-6,11-12,14-16H2,1-3H3,(H2,35,43)/t18-,22-,28?,34-/m0/s1. The molecule has 0 saturated carbocycles. The lowest BCUT2D eigenvalue weighted by molar-refractivity contribution is -0.148. The summed E-state index contributed by atoms with van der Waals surface area (Å²) in [5, 5.41) is 45.4. The first-order valence-electron chi connectivity index (χ1n) is 15.3. The van der Waals surface area contributed by atoms with Crippen molar-refractivity contribution >= 4 is 17.5 Å². The quantitative estimate of drug-likeness (QED) is 0.303. The van der Waals surface area contributed by atoms with Gasteiger partial charge in [0, 0.05) is 23.6 Å². The highest BCUT2D eigenvalue weighted by Gasteiger charge is 2.63. The van der Waals surface area contributed by atoms with Crippen LogP contribution in [0.4, 0.5) is 0 Å². The number of hydrogen-bond acceptors (Lipinski definition) is 10. The van der Waals surface area contributed by atoms with Gasteiger partial charge in [0.2, 0.25) is 5.78 Å². The predicted molar refractivity (Wildman–Crippen MR) is 165 cm³/mol. The van der Waals surface area contributed by atoms with Gasteiger partial charge in [0.1, 0.15) is 28.6 Å². The van der Waals surface area contributed by atoms with Crippen molar-refractivity contribution in [1.82, 2.24) is 9.80 Å². The second-order valence-electron chi connectivity index (χ2n) is 12.8. The summed E-state index contributed by atoms with van der Waals surface area (Å²) in [6.45, 7) is 2.82. The minimum absolute atomic E-state index is 0.0208. The second-order valence-corrected chi connectivity index (χ2v) is 12.8. The molecule has 1 aliphatic heterocycles. The van der Waals surface area contributed by atoms with Crippen LogP contribution in [0.15, 0.2) is 53.0 Å². The molecule has 45 heavy (non-hydrogen) atoms. The van der Waals surface area contributed by atoms with E-state index >= 15 is 0 Å². The van der Waals surface area contributed by atoms with E-state index in [1.807, 2.05) is 18.2 Å². The average molecular weight is 618 g/mol. The van der Waals surface area contributed by atoms with Gasteiger partial charge in [-0.3, -0.25) is 24.2 Å². The molecule has 2 aromatic rings. The Morgan fingerprint density at radius 2 is 1.78 bits per heavy atom. The summed E-state index contributed by atoms with van der Waals surface area (Å²) in [6, 6.07) is 8.09. The number of methoxy groups -OCH3 is 1. The molecule has 3 aliphatic carbocycles. The number of fused-ring (bicyclic) bond motifs is 3. The number of rotatable bonds is 6. The first-order valence-corrected chi connectivity index (χ1v) is 15.3. The number of nitrogens with two attached hydrogens (primary N) is 1. The number of ether oxygens (including phenoxy) is 1. The zero-order chi connectivity index (χ0) is 32.4. The lowest BCUT2D eigenvalue weighted by Gasteiger charge is -2.50. The van der Waals surface area contributed by atoms with Gasteiger partial charge in [0.15, 0.2) is 11.4 Å². The Kier molecular flexibility index (Phi) is 7.75. The maximum atomic E-state index is 14.2. The van der Waals surface area contributed by atoms with Crippen LogP contribution in [-0.4, -0.2) is 93.6 Å². The molecule has 1 amide bonds. The predicted octanol–water partition coefficient (Wildman–Crippen LogP) is 2.78. The van der Waals surface area contributed by atoms with Crippen LogP contribution in [0.1, 0.15) is 47.2 Å². The van der Waals surface area contributed by atoms with E-state index in [1.54, 1.807) is 27.3 Å². The Morgan fingerprint density at radius 1 is 1.07 bits per heavy atom. The average Bonchev–Trinajstić information content (AvgIpc) is 2.99. The van der Waals surface area contributed by atoms with Gasteiger partial charge in [-0.15, -0.1) is 0 Å². The van der Waals surface area contributed by atoms with Gasteiger partial charge >= 0.3 is 0 Å². The molecule has 11 heteroatoms. The van der Waals surface area contributed by atoms with Crippen molar-refractivity contribution in [2.24, 2.45) is 17.6 Å². The van der Waals surface area contributed by atoms with Gasteiger partial charge in [-0.1, -0.05) is 18.6 Å². The van der Waals surface area contributed by atoms with Crippen molar-refractivity contribution in [2.45, 2.75) is 50.3 Å². The Labute approximate surface area is 261 Å². The van der Waals surface area contributed by atoms with Crippen molar-refractivity contribution in [3.63, 3.8) is 0 Å². The van der Waals surface area contributed by atoms with E-state index in [2.05, 4.69) is 4.90 Å². The first-order chi connectivity index (χ1) is 21.4. The van der Waals surface area contributed by atoms with E-state index < -0.39 is 58.0 Å². The maximum Gasteiger partial charge on any atom is 0.255 e. The van der Waals surface area contributed by atoms with E-state index in [4.69, 9.17) is 10.5 Å². The number of phenols is 1. The summed E-state index contributed by atoms with van der Waals surface area (Å²) in [5.74, 6) is -6.17. The van der Waals surface area contributed by atoms with E-state index in [9.17, 15) is 34.8 Å². The molecular weight excluding hydrogens is 578 g/mol. The SMILES string of the molecule is COc1ccc(CN2CCCCC2)cc1-c1ccc(O)c2c1C[C@H]1C[C@H]3C(N(C)C)C(O)=C(C(N)=O)C(=O)[C@@]3(O)C(O)=C1C2=O. The van der Waals surface area contributed by atoms with Gasteiger partial charge in [0.05, 0.1) is 18.7 Å². The molecule has 6 rings (SSSR count). The fraction of sp³-hybridized carbons (Fsp3) is 0.441. The third-order valence-corrected chi connectivity index (χ3v) is 10.0. The number of hydrogen-bond donors (Lipinski definition) is 5. The summed E-state index contributed by atoms with van der Waals surface area (Å²) in [5.41, 5.74) is 4.78. The molecule has 4 aliphatic rings. The number of carbonyl (C=O) groups excluding carboxylic acids is 3. The minimum Gasteiger partial charge on any atom is -0.510 e. The molecule has 2 aromatic carbocycles. The number of Topliss-reactive ketones (excluding diaryl/α,β-unsaturated/α-hetero) is 2. The number of likely N-dealkylation sites (tertiary alicyclic amines) is 1. The summed E-state index contributed by atoms with van der Waals surface area (Å²) >= 11 is 0. The van der Waals surface area contributed by atoms with Crippen molar-refractivity contribution in [1.29, 1.82) is 0 Å². The number of aromatic hydroxyl groups is 1. The second kappa shape index (κ2) is 11.3. The number of aliphatic hydroxyl groups excluding tert-OH is 2. The Balaban J connectivity index is 1.48. The summed E-state index contributed by atoms with van der Waals surface area (Å²) in [6.07, 6.45) is 3.77. The maximum absolute atomic E-state index is 14.2. The number of allylic oxidation sites excluding steroid dienone is 1. The third-order valence-electron chi connectivity index (χ3n) is 10.0. The van der Waals surface area contributed by atoms with Gasteiger partial charge in [-0.25, -0.2) is 0 Å². The zero-order valence-corrected chi connectivity index (χ0v) is 25.7. The van der Waals surface area contributed by atoms with Crippen molar-refractivity contribution in [3.8, 4) is 22.6 Å². The Morgan fingerprint density at radius 3 is 2.42 bits per heavy atom. The van der Waals surface area contributed by atoms with Crippen LogP contribution in [0.25, 0.3) is 11.1 Å². The molecule has 1 fully saturated rings. The molecule has 0 bridgehead atoms. The van der Waals surface area contributed by atoms with Gasteiger partial charge < -0.3 is 30.9 Å². The molecule has 1 saturated heterocycles. The molecule has 4 atom stereocenters. The number of primary amides is 1. The fourth-order valence-electron chi connectivity index (χ4n) is 7.94. The van der Waals surface area contributed by atoms with Gasteiger partial charge in [0.25, 0.3) is 5.91 Å². The molecule has 0 aromatic heterocycles. The first kappa shape index (κ1) is 30.8. The van der Waals surface area contributed by atoms with E-state index in [0.29, 0.717) is 16.9 Å². The van der Waals surface area contributed by atoms with Crippen LogP contribution in [0, 0.1) is 11.8 Å². The topological polar surface area (TPSA) is 174 Å². The number of phenolic OH excluding ortho intramolecular Hbond substituents is 1. The smallest absolute Gasteiger partial charge is 0.255 e. The number of benzene rings is 2. The fourth-order valence-corrected chi connectivity index (χ4v) is 7.94. The van der Waals surface area contributed by atoms with Crippen molar-refractivity contribution in [3.05, 3.63) is 69.7 Å². The summed E-state index contributed by atoms with van der Waals surface area (Å²) in [7, 11) is 4.78. The number of amides is 1. The third kappa shape index (κ3) is 4.72. The highest BCUT2D eigenvalue weighted by atomic mass is 16.5. The van der Waals surface area contributed by atoms with E-state index in [-0.39, 0.29) is 29.7 Å². The number of ketones is 2. The van der Waals surface area contributed by atoms with Crippen LogP contribution in [0.3, 0.4) is 0 Å². The van der Waals surface area contributed by atoms with Crippen LogP contribution in [0.5, 0.6) is 11.5 Å². The van der Waals surface area contributed by atoms with Gasteiger partial charge in [-0.05, 0) is 93.7 Å². The highest BCUT2D eigenvalue weighted by molar-refractivity contribution is 6.25. The molecule has 1 heterocycles. The lowest BCUT2D eigenvalue weighted by Crippen LogP contribution is -2.63. The highest BCUT2D eigenvalue weighted by Crippen LogP contribution is 2.53. The van der Waals surface area contributed by atoms with Crippen LogP contribution in [-0.2, 0) is 22.6 Å². The van der Waals surface area contributed by atoms with Crippen LogP contribution in [0.2, 0.25) is 0 Å². The minimum atomic E-state index is -2.68. The normalized spacial score (nSPS) is 26.9. The number of likely N-dealkylation sites (N-methyl/N-ethyl adjacent to an activating group) is 1. The zero-order valence-electron chi connectivity index (χ0n) is 25.7. The number of carbonyl (C=O) groups is 3.